The smallest absolute Gasteiger partial charge is 0.225 e. The molecule has 3 rings (SSSR count). The molecule has 26 heavy (non-hydrogen) atoms. The maximum absolute atomic E-state index is 12.3. The van der Waals surface area contributed by atoms with E-state index >= 15 is 0 Å². The molecule has 1 atom stereocenters. The van der Waals surface area contributed by atoms with E-state index in [1.165, 1.54) is 0 Å². The maximum atomic E-state index is 12.3. The van der Waals surface area contributed by atoms with Crippen LogP contribution in [0.4, 0.5) is 0 Å². The van der Waals surface area contributed by atoms with Crippen molar-refractivity contribution >= 4 is 41.0 Å². The SMILES string of the molecule is CNC(C)CNC(=O)Cc1sc(-c2ccccc2)nc1-c1cccs1.Cl. The topological polar surface area (TPSA) is 54.0 Å². The minimum absolute atomic E-state index is 0. The van der Waals surface area contributed by atoms with Gasteiger partial charge in [0, 0.05) is 23.0 Å². The number of benzene rings is 1. The lowest BCUT2D eigenvalue weighted by atomic mass is 10.2. The Balaban J connectivity index is 0.00000243. The number of nitrogens with one attached hydrogen (secondary N) is 2. The van der Waals surface area contributed by atoms with E-state index in [1.54, 1.807) is 22.7 Å². The lowest BCUT2D eigenvalue weighted by Gasteiger charge is -2.11. The molecular weight excluding hydrogens is 386 g/mol. The molecule has 0 fully saturated rings. The van der Waals surface area contributed by atoms with Crippen molar-refractivity contribution in [3.63, 3.8) is 0 Å². The van der Waals surface area contributed by atoms with Gasteiger partial charge in [0.25, 0.3) is 0 Å². The molecule has 0 spiro atoms. The van der Waals surface area contributed by atoms with Crippen LogP contribution in [0.1, 0.15) is 11.8 Å². The van der Waals surface area contributed by atoms with E-state index in [0.29, 0.717) is 13.0 Å². The van der Waals surface area contributed by atoms with Crippen LogP contribution in [0, 0.1) is 0 Å². The number of nitrogens with zero attached hydrogens (tertiary/aromatic N) is 1. The van der Waals surface area contributed by atoms with E-state index in [-0.39, 0.29) is 24.4 Å². The Morgan fingerprint density at radius 1 is 1.19 bits per heavy atom. The summed E-state index contributed by atoms with van der Waals surface area (Å²) < 4.78 is 0. The lowest BCUT2D eigenvalue weighted by Crippen LogP contribution is -2.37. The molecule has 3 aromatic rings. The molecule has 0 bridgehead atoms. The Hall–Kier alpha value is -1.73. The first-order valence-corrected chi connectivity index (χ1v) is 9.90. The summed E-state index contributed by atoms with van der Waals surface area (Å²) in [6.07, 6.45) is 0.355. The van der Waals surface area contributed by atoms with Crippen molar-refractivity contribution in [1.82, 2.24) is 15.6 Å². The maximum Gasteiger partial charge on any atom is 0.225 e. The Bertz CT molecular complexity index is 819. The molecule has 0 aliphatic heterocycles. The van der Waals surface area contributed by atoms with Crippen molar-refractivity contribution in [2.75, 3.05) is 13.6 Å². The fourth-order valence-corrected chi connectivity index (χ4v) is 4.24. The van der Waals surface area contributed by atoms with Gasteiger partial charge in [0.1, 0.15) is 5.01 Å². The van der Waals surface area contributed by atoms with Gasteiger partial charge in [-0.1, -0.05) is 36.4 Å². The average Bonchev–Trinajstić information content (AvgIpc) is 3.30. The summed E-state index contributed by atoms with van der Waals surface area (Å²) in [5, 5.41) is 9.10. The number of carbonyl (C=O) groups is 1. The highest BCUT2D eigenvalue weighted by atomic mass is 35.5. The molecule has 4 nitrogen and oxygen atoms in total. The number of aromatic nitrogens is 1. The van der Waals surface area contributed by atoms with Gasteiger partial charge in [-0.05, 0) is 25.4 Å². The van der Waals surface area contributed by atoms with Crippen molar-refractivity contribution < 1.29 is 4.79 Å². The molecular formula is C19H22ClN3OS2. The first-order valence-electron chi connectivity index (χ1n) is 8.20. The zero-order valence-electron chi connectivity index (χ0n) is 14.7. The monoisotopic (exact) mass is 407 g/mol. The lowest BCUT2D eigenvalue weighted by molar-refractivity contribution is -0.120. The largest absolute Gasteiger partial charge is 0.354 e. The second-order valence-corrected chi connectivity index (χ2v) is 7.84. The van der Waals surface area contributed by atoms with Gasteiger partial charge >= 0.3 is 0 Å². The highest BCUT2D eigenvalue weighted by molar-refractivity contribution is 7.17. The molecule has 1 aromatic carbocycles. The summed E-state index contributed by atoms with van der Waals surface area (Å²) in [6.45, 7) is 2.66. The molecule has 7 heteroatoms. The third-order valence-corrected chi connectivity index (χ3v) is 5.87. The van der Waals surface area contributed by atoms with Crippen LogP contribution in [0.3, 0.4) is 0 Å². The molecule has 1 amide bonds. The van der Waals surface area contributed by atoms with E-state index in [9.17, 15) is 4.79 Å². The standard InChI is InChI=1S/C19H21N3OS2.ClH/c1-13(20-2)12-21-17(23)11-16-18(15-9-6-10-24-15)22-19(25-16)14-7-4-3-5-8-14;/h3-10,13,20H,11-12H2,1-2H3,(H,21,23);1H. The second kappa shape index (κ2) is 9.83. The van der Waals surface area contributed by atoms with Crippen LogP contribution in [0.25, 0.3) is 21.1 Å². The summed E-state index contributed by atoms with van der Waals surface area (Å²) in [6, 6.07) is 14.4. The molecule has 0 saturated heterocycles. The van der Waals surface area contributed by atoms with Gasteiger partial charge in [0.05, 0.1) is 17.0 Å². The molecule has 2 N–H and O–H groups in total. The first kappa shape index (κ1) is 20.6. The summed E-state index contributed by atoms with van der Waals surface area (Å²) in [4.78, 5) is 19.3. The zero-order chi connectivity index (χ0) is 17.6. The predicted octanol–water partition coefficient (Wildman–Crippen LogP) is 4.23. The molecule has 2 heterocycles. The van der Waals surface area contributed by atoms with Crippen LogP contribution in [-0.4, -0.2) is 30.5 Å². The van der Waals surface area contributed by atoms with Crippen molar-refractivity contribution in [3.8, 4) is 21.1 Å². The normalized spacial score (nSPS) is 11.6. The summed E-state index contributed by atoms with van der Waals surface area (Å²) in [5.41, 5.74) is 2.01. The number of likely N-dealkylation sites (N-methyl/N-ethyl adjacent to an activating group) is 1. The summed E-state index contributed by atoms with van der Waals surface area (Å²) >= 11 is 3.25. The fraction of sp³-hybridized carbons (Fsp3) is 0.263. The molecule has 0 saturated carbocycles. The number of rotatable bonds is 7. The third-order valence-electron chi connectivity index (χ3n) is 3.89. The number of thiazole rings is 1. The van der Waals surface area contributed by atoms with Gasteiger partial charge in [-0.25, -0.2) is 4.98 Å². The zero-order valence-corrected chi connectivity index (χ0v) is 17.1. The van der Waals surface area contributed by atoms with Gasteiger partial charge < -0.3 is 10.6 Å². The third kappa shape index (κ3) is 5.14. The van der Waals surface area contributed by atoms with Crippen LogP contribution in [0.5, 0.6) is 0 Å². The van der Waals surface area contributed by atoms with E-state index in [1.807, 2.05) is 43.6 Å². The predicted molar refractivity (Wildman–Crippen MR) is 113 cm³/mol. The number of thiophene rings is 1. The molecule has 0 aliphatic carbocycles. The van der Waals surface area contributed by atoms with Gasteiger partial charge in [-0.2, -0.15) is 0 Å². The molecule has 1 unspecified atom stereocenters. The second-order valence-electron chi connectivity index (χ2n) is 5.80. The van der Waals surface area contributed by atoms with Crippen molar-refractivity contribution in [2.45, 2.75) is 19.4 Å². The van der Waals surface area contributed by atoms with Crippen LogP contribution in [0.15, 0.2) is 47.8 Å². The highest BCUT2D eigenvalue weighted by Gasteiger charge is 2.17. The summed E-state index contributed by atoms with van der Waals surface area (Å²) in [7, 11) is 1.89. The number of halogens is 1. The van der Waals surface area contributed by atoms with Crippen LogP contribution in [0.2, 0.25) is 0 Å². The van der Waals surface area contributed by atoms with Gasteiger partial charge in [-0.15, -0.1) is 35.1 Å². The van der Waals surface area contributed by atoms with Crippen LogP contribution in [-0.2, 0) is 11.2 Å². The minimum Gasteiger partial charge on any atom is -0.354 e. The molecule has 0 aliphatic rings. The Labute approximate surface area is 168 Å². The highest BCUT2D eigenvalue weighted by Crippen LogP contribution is 2.36. The summed E-state index contributed by atoms with van der Waals surface area (Å²) in [5.74, 6) is 0.0307. The quantitative estimate of drug-likeness (QED) is 0.616. The van der Waals surface area contributed by atoms with Gasteiger partial charge in [-0.3, -0.25) is 4.79 Å². The van der Waals surface area contributed by atoms with Crippen LogP contribution < -0.4 is 10.6 Å². The molecule has 138 valence electrons. The van der Waals surface area contributed by atoms with Crippen molar-refractivity contribution in [3.05, 3.63) is 52.7 Å². The van der Waals surface area contributed by atoms with E-state index in [4.69, 9.17) is 4.98 Å². The first-order chi connectivity index (χ1) is 12.2. The number of hydrogen-bond acceptors (Lipinski definition) is 5. The average molecular weight is 408 g/mol. The van der Waals surface area contributed by atoms with Gasteiger partial charge in [0.15, 0.2) is 0 Å². The number of hydrogen-bond donors (Lipinski definition) is 2. The Morgan fingerprint density at radius 2 is 1.96 bits per heavy atom. The van der Waals surface area contributed by atoms with E-state index in [0.717, 1.165) is 26.0 Å². The number of amides is 1. The van der Waals surface area contributed by atoms with E-state index in [2.05, 4.69) is 28.8 Å². The Kier molecular flexibility index (Phi) is 7.78. The number of carbonyl (C=O) groups excluding carboxylic acids is 1. The molecule has 2 aromatic heterocycles. The van der Waals surface area contributed by atoms with Crippen LogP contribution >= 0.6 is 35.1 Å². The molecule has 0 radical (unpaired) electrons. The minimum atomic E-state index is 0. The van der Waals surface area contributed by atoms with Gasteiger partial charge in [0.2, 0.25) is 5.91 Å². The van der Waals surface area contributed by atoms with Crippen molar-refractivity contribution in [1.29, 1.82) is 0 Å². The fourth-order valence-electron chi connectivity index (χ4n) is 2.36. The van der Waals surface area contributed by atoms with Crippen molar-refractivity contribution in [2.24, 2.45) is 0 Å². The van der Waals surface area contributed by atoms with E-state index < -0.39 is 0 Å². The Morgan fingerprint density at radius 3 is 2.62 bits per heavy atom.